The molecule has 1 aliphatic rings. The van der Waals surface area contributed by atoms with Crippen LogP contribution in [0.25, 0.3) is 0 Å². The fraction of sp³-hybridized carbons (Fsp3) is 0.909. The van der Waals surface area contributed by atoms with Gasteiger partial charge in [0.25, 0.3) is 0 Å². The average molecular weight is 214 g/mol. The number of carbonyl (C=O) groups is 1. The summed E-state index contributed by atoms with van der Waals surface area (Å²) in [7, 11) is 0. The van der Waals surface area contributed by atoms with Crippen molar-refractivity contribution in [3.05, 3.63) is 0 Å². The molecule has 3 N–H and O–H groups in total. The molecule has 88 valence electrons. The van der Waals surface area contributed by atoms with E-state index >= 15 is 0 Å². The fourth-order valence-electron chi connectivity index (χ4n) is 2.33. The molecular weight excluding hydrogens is 192 g/mol. The molecule has 0 aromatic carbocycles. The lowest BCUT2D eigenvalue weighted by atomic mass is 9.93. The topological polar surface area (TPSA) is 66.6 Å². The molecule has 15 heavy (non-hydrogen) atoms. The number of carboxylic acids is 1. The largest absolute Gasteiger partial charge is 0.481 e. The molecule has 4 heteroatoms. The number of carboxylic acid groups (broad SMARTS) is 1. The molecule has 1 saturated heterocycles. The second-order valence-electron chi connectivity index (χ2n) is 4.74. The zero-order valence-electron chi connectivity index (χ0n) is 9.81. The van der Waals surface area contributed by atoms with E-state index in [2.05, 4.69) is 11.8 Å². The zero-order valence-corrected chi connectivity index (χ0v) is 9.81. The van der Waals surface area contributed by atoms with Gasteiger partial charge in [0.2, 0.25) is 0 Å². The number of hydrogen-bond acceptors (Lipinski definition) is 3. The number of nitrogens with zero attached hydrogens (tertiary/aromatic N) is 1. The summed E-state index contributed by atoms with van der Waals surface area (Å²) in [6.45, 7) is 6.81. The van der Waals surface area contributed by atoms with E-state index in [1.807, 2.05) is 6.92 Å². The van der Waals surface area contributed by atoms with Crippen molar-refractivity contribution in [2.45, 2.75) is 51.7 Å². The summed E-state index contributed by atoms with van der Waals surface area (Å²) >= 11 is 0. The van der Waals surface area contributed by atoms with Gasteiger partial charge in [0.05, 0.1) is 5.92 Å². The monoisotopic (exact) mass is 214 g/mol. The third-order valence-electron chi connectivity index (χ3n) is 3.60. The van der Waals surface area contributed by atoms with Gasteiger partial charge in [0, 0.05) is 24.7 Å². The van der Waals surface area contributed by atoms with Crippen molar-refractivity contribution in [2.24, 2.45) is 11.7 Å². The Kier molecular flexibility index (Phi) is 4.11. The van der Waals surface area contributed by atoms with Crippen LogP contribution in [0, 0.1) is 5.92 Å². The van der Waals surface area contributed by atoms with Crippen LogP contribution in [0.1, 0.15) is 33.6 Å². The molecule has 0 amide bonds. The Balaban J connectivity index is 2.59. The first kappa shape index (κ1) is 12.5. The van der Waals surface area contributed by atoms with E-state index in [4.69, 9.17) is 10.8 Å². The van der Waals surface area contributed by atoms with Crippen LogP contribution in [-0.2, 0) is 4.79 Å². The van der Waals surface area contributed by atoms with Gasteiger partial charge in [0.15, 0.2) is 0 Å². The van der Waals surface area contributed by atoms with Crippen molar-refractivity contribution < 1.29 is 9.90 Å². The van der Waals surface area contributed by atoms with Gasteiger partial charge in [-0.25, -0.2) is 0 Å². The molecule has 1 aliphatic heterocycles. The number of rotatable bonds is 3. The minimum Gasteiger partial charge on any atom is -0.481 e. The lowest BCUT2D eigenvalue weighted by Crippen LogP contribution is -2.52. The molecule has 0 aromatic heterocycles. The summed E-state index contributed by atoms with van der Waals surface area (Å²) < 4.78 is 0. The zero-order chi connectivity index (χ0) is 11.6. The highest BCUT2D eigenvalue weighted by atomic mass is 16.4. The highest BCUT2D eigenvalue weighted by Crippen LogP contribution is 2.22. The molecule has 0 aliphatic carbocycles. The summed E-state index contributed by atoms with van der Waals surface area (Å²) in [4.78, 5) is 13.2. The molecule has 1 rings (SSSR count). The molecule has 0 bridgehead atoms. The molecule has 0 spiro atoms. The van der Waals surface area contributed by atoms with Crippen molar-refractivity contribution in [3.63, 3.8) is 0 Å². The minimum atomic E-state index is -0.718. The first-order valence-electron chi connectivity index (χ1n) is 5.67. The minimum absolute atomic E-state index is 0.0880. The molecule has 4 nitrogen and oxygen atoms in total. The molecule has 0 saturated carbocycles. The van der Waals surface area contributed by atoms with E-state index in [1.54, 1.807) is 6.92 Å². The molecule has 0 aromatic rings. The van der Waals surface area contributed by atoms with Gasteiger partial charge in [-0.05, 0) is 26.7 Å². The molecule has 4 atom stereocenters. The third-order valence-corrected chi connectivity index (χ3v) is 3.60. The number of likely N-dealkylation sites (tertiary alicyclic amines) is 1. The van der Waals surface area contributed by atoms with Crippen LogP contribution < -0.4 is 5.73 Å². The molecule has 0 radical (unpaired) electrons. The lowest BCUT2D eigenvalue weighted by molar-refractivity contribution is -0.143. The Morgan fingerprint density at radius 3 is 2.60 bits per heavy atom. The highest BCUT2D eigenvalue weighted by molar-refractivity contribution is 5.70. The summed E-state index contributed by atoms with van der Waals surface area (Å²) in [5, 5.41) is 8.97. The third kappa shape index (κ3) is 2.92. The normalized spacial score (nSPS) is 32.3. The van der Waals surface area contributed by atoms with Crippen molar-refractivity contribution in [2.75, 3.05) is 6.54 Å². The lowest BCUT2D eigenvalue weighted by Gasteiger charge is -2.41. The molecule has 1 heterocycles. The van der Waals surface area contributed by atoms with Gasteiger partial charge in [-0.2, -0.15) is 0 Å². The fourth-order valence-corrected chi connectivity index (χ4v) is 2.33. The number of hydrogen-bond donors (Lipinski definition) is 2. The first-order valence-corrected chi connectivity index (χ1v) is 5.67. The SMILES string of the molecule is CC(C(=O)O)C(C)N1CCC(N)CC1C. The van der Waals surface area contributed by atoms with Crippen molar-refractivity contribution in [1.82, 2.24) is 4.90 Å². The quantitative estimate of drug-likeness (QED) is 0.732. The van der Waals surface area contributed by atoms with Gasteiger partial charge >= 0.3 is 5.97 Å². The summed E-state index contributed by atoms with van der Waals surface area (Å²) in [5.74, 6) is -1.04. The number of nitrogens with two attached hydrogens (primary N) is 1. The summed E-state index contributed by atoms with van der Waals surface area (Å²) in [6.07, 6.45) is 1.94. The van der Waals surface area contributed by atoms with Crippen LogP contribution in [0.15, 0.2) is 0 Å². The van der Waals surface area contributed by atoms with E-state index in [0.717, 1.165) is 19.4 Å². The average Bonchev–Trinajstić information content (AvgIpc) is 2.15. The van der Waals surface area contributed by atoms with Gasteiger partial charge in [-0.15, -0.1) is 0 Å². The second kappa shape index (κ2) is 4.94. The van der Waals surface area contributed by atoms with Gasteiger partial charge in [0.1, 0.15) is 0 Å². The standard InChI is InChI=1S/C11H22N2O2/c1-7-6-10(12)4-5-13(7)9(3)8(2)11(14)15/h7-10H,4-6,12H2,1-3H3,(H,14,15). The molecule has 1 fully saturated rings. The summed E-state index contributed by atoms with van der Waals surface area (Å²) in [5.41, 5.74) is 5.88. The Bertz CT molecular complexity index is 233. The van der Waals surface area contributed by atoms with Crippen LogP contribution in [0.4, 0.5) is 0 Å². The van der Waals surface area contributed by atoms with Crippen molar-refractivity contribution in [3.8, 4) is 0 Å². The maximum Gasteiger partial charge on any atom is 0.307 e. The second-order valence-corrected chi connectivity index (χ2v) is 4.74. The predicted molar refractivity (Wildman–Crippen MR) is 59.6 cm³/mol. The molecule has 4 unspecified atom stereocenters. The van der Waals surface area contributed by atoms with Crippen molar-refractivity contribution in [1.29, 1.82) is 0 Å². The molecular formula is C11H22N2O2. The van der Waals surface area contributed by atoms with Gasteiger partial charge < -0.3 is 10.8 Å². The van der Waals surface area contributed by atoms with Crippen LogP contribution in [0.2, 0.25) is 0 Å². The van der Waals surface area contributed by atoms with Gasteiger partial charge in [-0.3, -0.25) is 9.69 Å². The maximum absolute atomic E-state index is 10.9. The summed E-state index contributed by atoms with van der Waals surface area (Å²) in [6, 6.07) is 0.763. The van der Waals surface area contributed by atoms with Crippen LogP contribution in [-0.4, -0.2) is 40.6 Å². The Hall–Kier alpha value is -0.610. The van der Waals surface area contributed by atoms with Crippen LogP contribution >= 0.6 is 0 Å². The van der Waals surface area contributed by atoms with E-state index in [-0.39, 0.29) is 18.0 Å². The maximum atomic E-state index is 10.9. The van der Waals surface area contributed by atoms with Crippen LogP contribution in [0.5, 0.6) is 0 Å². The van der Waals surface area contributed by atoms with Gasteiger partial charge in [-0.1, -0.05) is 6.92 Å². The van der Waals surface area contributed by atoms with E-state index in [0.29, 0.717) is 6.04 Å². The van der Waals surface area contributed by atoms with E-state index < -0.39 is 5.97 Å². The number of aliphatic carboxylic acids is 1. The smallest absolute Gasteiger partial charge is 0.307 e. The van der Waals surface area contributed by atoms with E-state index in [1.165, 1.54) is 0 Å². The Morgan fingerprint density at radius 2 is 2.13 bits per heavy atom. The first-order chi connectivity index (χ1) is 6.93. The Morgan fingerprint density at radius 1 is 1.53 bits per heavy atom. The number of piperidine rings is 1. The van der Waals surface area contributed by atoms with Crippen LogP contribution in [0.3, 0.4) is 0 Å². The van der Waals surface area contributed by atoms with Crippen molar-refractivity contribution >= 4 is 5.97 Å². The van der Waals surface area contributed by atoms with E-state index in [9.17, 15) is 4.79 Å². The highest BCUT2D eigenvalue weighted by Gasteiger charge is 2.31. The Labute approximate surface area is 91.4 Å². The predicted octanol–water partition coefficient (Wildman–Crippen LogP) is 0.907.